The second-order valence-electron chi connectivity index (χ2n) is 6.27. The van der Waals surface area contributed by atoms with Crippen LogP contribution in [0.2, 0.25) is 5.02 Å². The van der Waals surface area contributed by atoms with Gasteiger partial charge < -0.3 is 15.1 Å². The second kappa shape index (κ2) is 7.87. The zero-order chi connectivity index (χ0) is 19.6. The van der Waals surface area contributed by atoms with Gasteiger partial charge in [-0.25, -0.2) is 14.4 Å². The van der Waals surface area contributed by atoms with Crippen LogP contribution in [0.4, 0.5) is 16.0 Å². The fraction of sp³-hybridized carbons (Fsp3) is 0.333. The van der Waals surface area contributed by atoms with E-state index in [2.05, 4.69) is 15.3 Å². The number of halogens is 2. The Kier molecular flexibility index (Phi) is 5.55. The number of amides is 2. The minimum absolute atomic E-state index is 0.00410. The van der Waals surface area contributed by atoms with Gasteiger partial charge in [-0.15, -0.1) is 0 Å². The number of anilines is 2. The number of rotatable bonds is 3. The van der Waals surface area contributed by atoms with Gasteiger partial charge in [-0.05, 0) is 31.2 Å². The van der Waals surface area contributed by atoms with Gasteiger partial charge in [0.15, 0.2) is 0 Å². The third-order valence-corrected chi connectivity index (χ3v) is 4.55. The van der Waals surface area contributed by atoms with E-state index in [1.54, 1.807) is 22.8 Å². The van der Waals surface area contributed by atoms with Crippen molar-refractivity contribution in [2.24, 2.45) is 0 Å². The zero-order valence-corrected chi connectivity index (χ0v) is 15.8. The van der Waals surface area contributed by atoms with Crippen molar-refractivity contribution in [3.8, 4) is 0 Å². The third kappa shape index (κ3) is 4.51. The van der Waals surface area contributed by atoms with Crippen molar-refractivity contribution >= 4 is 35.1 Å². The van der Waals surface area contributed by atoms with Gasteiger partial charge in [0, 0.05) is 44.5 Å². The molecule has 1 aliphatic rings. The number of aryl methyl sites for hydroxylation is 1. The lowest BCUT2D eigenvalue weighted by atomic mass is 10.2. The molecule has 1 aromatic carbocycles. The second-order valence-corrected chi connectivity index (χ2v) is 6.68. The number of piperazine rings is 1. The van der Waals surface area contributed by atoms with Crippen LogP contribution >= 0.6 is 11.6 Å². The predicted molar refractivity (Wildman–Crippen MR) is 99.6 cm³/mol. The van der Waals surface area contributed by atoms with Gasteiger partial charge >= 0.3 is 0 Å². The first-order chi connectivity index (χ1) is 12.8. The molecule has 0 spiro atoms. The van der Waals surface area contributed by atoms with E-state index in [9.17, 15) is 14.0 Å². The molecule has 0 radical (unpaired) electrons. The first kappa shape index (κ1) is 19.0. The molecule has 1 saturated heterocycles. The van der Waals surface area contributed by atoms with Crippen molar-refractivity contribution in [2.75, 3.05) is 31.5 Å². The highest BCUT2D eigenvalue weighted by molar-refractivity contribution is 6.31. The highest BCUT2D eigenvalue weighted by Crippen LogP contribution is 2.22. The number of nitrogens with zero attached hydrogens (tertiary/aromatic N) is 4. The minimum atomic E-state index is -0.520. The maximum absolute atomic E-state index is 13.3. The van der Waals surface area contributed by atoms with E-state index >= 15 is 0 Å². The highest BCUT2D eigenvalue weighted by atomic mass is 35.5. The fourth-order valence-electron chi connectivity index (χ4n) is 2.82. The van der Waals surface area contributed by atoms with Crippen LogP contribution in [0.5, 0.6) is 0 Å². The lowest BCUT2D eigenvalue weighted by molar-refractivity contribution is -0.130. The van der Waals surface area contributed by atoms with Gasteiger partial charge in [-0.1, -0.05) is 11.6 Å². The van der Waals surface area contributed by atoms with E-state index in [0.29, 0.717) is 37.6 Å². The van der Waals surface area contributed by atoms with E-state index in [1.165, 1.54) is 25.1 Å². The SMILES string of the molecule is CC(=O)N1CCN(C(=O)c2cc(C)nc(Nc3ccc(F)c(Cl)c3)n2)CC1. The number of nitrogens with one attached hydrogen (secondary N) is 1. The lowest BCUT2D eigenvalue weighted by Crippen LogP contribution is -2.50. The summed E-state index contributed by atoms with van der Waals surface area (Å²) < 4.78 is 13.3. The van der Waals surface area contributed by atoms with Crippen molar-refractivity contribution in [1.29, 1.82) is 0 Å². The van der Waals surface area contributed by atoms with Crippen LogP contribution in [-0.2, 0) is 4.79 Å². The van der Waals surface area contributed by atoms with Crippen LogP contribution in [0.15, 0.2) is 24.3 Å². The predicted octanol–water partition coefficient (Wildman–Crippen LogP) is 2.63. The van der Waals surface area contributed by atoms with Gasteiger partial charge in [0.05, 0.1) is 5.02 Å². The first-order valence-corrected chi connectivity index (χ1v) is 8.84. The van der Waals surface area contributed by atoms with E-state index in [4.69, 9.17) is 11.6 Å². The summed E-state index contributed by atoms with van der Waals surface area (Å²) in [6.07, 6.45) is 0. The molecule has 2 heterocycles. The highest BCUT2D eigenvalue weighted by Gasteiger charge is 2.24. The summed E-state index contributed by atoms with van der Waals surface area (Å²) in [5, 5.41) is 2.91. The number of benzene rings is 1. The van der Waals surface area contributed by atoms with E-state index in [1.807, 2.05) is 0 Å². The summed E-state index contributed by atoms with van der Waals surface area (Å²) in [5.74, 6) is -0.510. The number of hydrogen-bond acceptors (Lipinski definition) is 5. The summed E-state index contributed by atoms with van der Waals surface area (Å²) >= 11 is 5.78. The smallest absolute Gasteiger partial charge is 0.272 e. The molecule has 2 aromatic rings. The normalized spacial score (nSPS) is 14.2. The number of carbonyl (C=O) groups excluding carboxylic acids is 2. The van der Waals surface area contributed by atoms with E-state index < -0.39 is 5.82 Å². The quantitative estimate of drug-likeness (QED) is 0.870. The Balaban J connectivity index is 1.75. The van der Waals surface area contributed by atoms with Crippen LogP contribution in [0, 0.1) is 12.7 Å². The largest absolute Gasteiger partial charge is 0.339 e. The molecule has 0 aliphatic carbocycles. The monoisotopic (exact) mass is 391 g/mol. The van der Waals surface area contributed by atoms with Crippen LogP contribution in [0.25, 0.3) is 0 Å². The van der Waals surface area contributed by atoms with Crippen LogP contribution in [-0.4, -0.2) is 57.8 Å². The van der Waals surface area contributed by atoms with Gasteiger partial charge in [0.1, 0.15) is 11.5 Å². The Bertz CT molecular complexity index is 884. The summed E-state index contributed by atoms with van der Waals surface area (Å²) in [4.78, 5) is 36.1. The molecule has 0 unspecified atom stereocenters. The number of carbonyl (C=O) groups is 2. The molecule has 0 saturated carbocycles. The molecule has 1 fully saturated rings. The molecule has 1 aromatic heterocycles. The molecule has 7 nitrogen and oxygen atoms in total. The molecule has 0 bridgehead atoms. The maximum atomic E-state index is 13.3. The Morgan fingerprint density at radius 2 is 1.78 bits per heavy atom. The van der Waals surface area contributed by atoms with E-state index in [0.717, 1.165) is 0 Å². The van der Waals surface area contributed by atoms with Gasteiger partial charge in [-0.3, -0.25) is 9.59 Å². The van der Waals surface area contributed by atoms with Gasteiger partial charge in [0.2, 0.25) is 11.9 Å². The molecular weight excluding hydrogens is 373 g/mol. The molecule has 9 heteroatoms. The summed E-state index contributed by atoms with van der Waals surface area (Å²) in [6.45, 7) is 5.20. The average Bonchev–Trinajstić information content (AvgIpc) is 2.64. The third-order valence-electron chi connectivity index (χ3n) is 4.26. The summed E-state index contributed by atoms with van der Waals surface area (Å²) in [7, 11) is 0. The molecule has 142 valence electrons. The Labute approximate surface area is 161 Å². The summed E-state index contributed by atoms with van der Waals surface area (Å²) in [5.41, 5.74) is 1.39. The first-order valence-electron chi connectivity index (χ1n) is 8.46. The van der Waals surface area contributed by atoms with Crippen molar-refractivity contribution in [1.82, 2.24) is 19.8 Å². The van der Waals surface area contributed by atoms with Crippen LogP contribution in [0.1, 0.15) is 23.1 Å². The van der Waals surface area contributed by atoms with Crippen molar-refractivity contribution in [3.05, 3.63) is 46.5 Å². The van der Waals surface area contributed by atoms with Crippen LogP contribution in [0.3, 0.4) is 0 Å². The lowest BCUT2D eigenvalue weighted by Gasteiger charge is -2.34. The van der Waals surface area contributed by atoms with Crippen molar-refractivity contribution in [2.45, 2.75) is 13.8 Å². The van der Waals surface area contributed by atoms with Crippen molar-refractivity contribution in [3.63, 3.8) is 0 Å². The summed E-state index contributed by atoms with van der Waals surface area (Å²) in [6, 6.07) is 5.78. The maximum Gasteiger partial charge on any atom is 0.272 e. The Morgan fingerprint density at radius 3 is 2.41 bits per heavy atom. The number of aromatic nitrogens is 2. The molecule has 2 amide bonds. The van der Waals surface area contributed by atoms with Gasteiger partial charge in [-0.2, -0.15) is 0 Å². The standard InChI is InChI=1S/C18H19ClFN5O2/c1-11-9-16(17(27)25-7-5-24(6-8-25)12(2)26)23-18(21-11)22-13-3-4-15(20)14(19)10-13/h3-4,9-10H,5-8H2,1-2H3,(H,21,22,23). The molecule has 27 heavy (non-hydrogen) atoms. The molecule has 0 atom stereocenters. The van der Waals surface area contributed by atoms with E-state index in [-0.39, 0.29) is 28.5 Å². The molecule has 3 rings (SSSR count). The molecule has 1 N–H and O–H groups in total. The zero-order valence-electron chi connectivity index (χ0n) is 15.0. The van der Waals surface area contributed by atoms with Crippen LogP contribution < -0.4 is 5.32 Å². The van der Waals surface area contributed by atoms with Gasteiger partial charge in [0.25, 0.3) is 5.91 Å². The fourth-order valence-corrected chi connectivity index (χ4v) is 3.00. The topological polar surface area (TPSA) is 78.4 Å². The Hall–Kier alpha value is -2.74. The minimum Gasteiger partial charge on any atom is -0.339 e. The van der Waals surface area contributed by atoms with Crippen molar-refractivity contribution < 1.29 is 14.0 Å². The molecule has 1 aliphatic heterocycles. The average molecular weight is 392 g/mol. The molecular formula is C18H19ClFN5O2. The Morgan fingerprint density at radius 1 is 1.11 bits per heavy atom. The number of hydrogen-bond donors (Lipinski definition) is 1.